The lowest BCUT2D eigenvalue weighted by Crippen LogP contribution is -2.27. The van der Waals surface area contributed by atoms with Gasteiger partial charge in [0.15, 0.2) is 11.5 Å². The molecule has 0 bridgehead atoms. The molecule has 0 aliphatic carbocycles. The summed E-state index contributed by atoms with van der Waals surface area (Å²) in [5, 5.41) is 10.8. The number of amides is 1. The summed E-state index contributed by atoms with van der Waals surface area (Å²) in [6, 6.07) is 5.68. The summed E-state index contributed by atoms with van der Waals surface area (Å²) in [7, 11) is 1.77. The molecule has 8 heteroatoms. The van der Waals surface area contributed by atoms with Crippen molar-refractivity contribution in [1.82, 2.24) is 25.1 Å². The first-order chi connectivity index (χ1) is 10.2. The highest BCUT2D eigenvalue weighted by molar-refractivity contribution is 5.75. The van der Waals surface area contributed by atoms with Crippen LogP contribution in [0, 0.1) is 0 Å². The number of benzene rings is 1. The monoisotopic (exact) mass is 289 g/mol. The van der Waals surface area contributed by atoms with Crippen LogP contribution in [0.15, 0.2) is 24.5 Å². The van der Waals surface area contributed by atoms with Crippen LogP contribution in [0.2, 0.25) is 0 Å². The Labute approximate surface area is 121 Å². The fourth-order valence-electron chi connectivity index (χ4n) is 2.09. The molecule has 0 radical (unpaired) electrons. The third-order valence-electron chi connectivity index (χ3n) is 3.23. The van der Waals surface area contributed by atoms with E-state index in [9.17, 15) is 4.79 Å². The van der Waals surface area contributed by atoms with Crippen LogP contribution < -0.4 is 9.47 Å². The first kappa shape index (κ1) is 13.3. The van der Waals surface area contributed by atoms with Gasteiger partial charge in [-0.2, -0.15) is 0 Å². The number of tetrazole rings is 1. The van der Waals surface area contributed by atoms with Gasteiger partial charge in [-0.3, -0.25) is 4.79 Å². The lowest BCUT2D eigenvalue weighted by Gasteiger charge is -2.17. The van der Waals surface area contributed by atoms with E-state index in [0.717, 1.165) is 17.1 Å². The largest absolute Gasteiger partial charge is 0.454 e. The highest BCUT2D eigenvalue weighted by atomic mass is 16.7. The maximum absolute atomic E-state index is 12.1. The molecule has 1 aliphatic heterocycles. The van der Waals surface area contributed by atoms with Gasteiger partial charge in [-0.1, -0.05) is 6.07 Å². The Morgan fingerprint density at radius 3 is 3.05 bits per heavy atom. The zero-order valence-electron chi connectivity index (χ0n) is 11.6. The van der Waals surface area contributed by atoms with Crippen LogP contribution in [0.25, 0.3) is 0 Å². The van der Waals surface area contributed by atoms with E-state index in [4.69, 9.17) is 9.47 Å². The predicted molar refractivity (Wildman–Crippen MR) is 71.5 cm³/mol. The highest BCUT2D eigenvalue weighted by Gasteiger charge is 2.15. The number of rotatable bonds is 5. The fourth-order valence-corrected chi connectivity index (χ4v) is 2.09. The Kier molecular flexibility index (Phi) is 3.67. The Morgan fingerprint density at radius 2 is 2.24 bits per heavy atom. The van der Waals surface area contributed by atoms with Crippen molar-refractivity contribution in [3.05, 3.63) is 30.1 Å². The lowest BCUT2D eigenvalue weighted by atomic mass is 10.2. The lowest BCUT2D eigenvalue weighted by molar-refractivity contribution is -0.130. The number of fused-ring (bicyclic) bond motifs is 1. The van der Waals surface area contributed by atoms with Gasteiger partial charge in [-0.25, -0.2) is 4.68 Å². The van der Waals surface area contributed by atoms with Crippen molar-refractivity contribution < 1.29 is 14.3 Å². The first-order valence-corrected chi connectivity index (χ1v) is 6.55. The number of aryl methyl sites for hydroxylation is 1. The van der Waals surface area contributed by atoms with Crippen molar-refractivity contribution in [3.8, 4) is 11.5 Å². The van der Waals surface area contributed by atoms with Gasteiger partial charge in [0.05, 0.1) is 6.54 Å². The smallest absolute Gasteiger partial charge is 0.231 e. The molecule has 0 spiro atoms. The van der Waals surface area contributed by atoms with Crippen molar-refractivity contribution in [1.29, 1.82) is 0 Å². The molecule has 0 saturated carbocycles. The summed E-state index contributed by atoms with van der Waals surface area (Å²) in [4.78, 5) is 13.7. The maximum Gasteiger partial charge on any atom is 0.231 e. The summed E-state index contributed by atoms with van der Waals surface area (Å²) in [5.74, 6) is 1.50. The molecule has 1 aliphatic rings. The minimum atomic E-state index is 0.0307. The van der Waals surface area contributed by atoms with E-state index in [1.165, 1.54) is 11.0 Å². The van der Waals surface area contributed by atoms with E-state index in [-0.39, 0.29) is 12.7 Å². The quantitative estimate of drug-likeness (QED) is 0.795. The van der Waals surface area contributed by atoms with Crippen LogP contribution in [0.5, 0.6) is 11.5 Å². The van der Waals surface area contributed by atoms with E-state index in [2.05, 4.69) is 15.5 Å². The molecular weight excluding hydrogens is 274 g/mol. The standard InChI is InChI=1S/C13H15N5O3/c1-17(13(19)4-5-18-8-14-15-16-18)7-10-2-3-11-12(6-10)21-9-20-11/h2-3,6,8H,4-5,7,9H2,1H3. The minimum absolute atomic E-state index is 0.0307. The number of nitrogens with zero attached hydrogens (tertiary/aromatic N) is 5. The van der Waals surface area contributed by atoms with Gasteiger partial charge in [-0.05, 0) is 28.1 Å². The molecule has 0 fully saturated rings. The van der Waals surface area contributed by atoms with E-state index in [1.54, 1.807) is 11.9 Å². The molecule has 2 heterocycles. The van der Waals surface area contributed by atoms with Crippen molar-refractivity contribution >= 4 is 5.91 Å². The average molecular weight is 289 g/mol. The summed E-state index contributed by atoms with van der Waals surface area (Å²) in [6.07, 6.45) is 1.84. The summed E-state index contributed by atoms with van der Waals surface area (Å²) >= 11 is 0. The van der Waals surface area contributed by atoms with E-state index < -0.39 is 0 Å². The third-order valence-corrected chi connectivity index (χ3v) is 3.23. The summed E-state index contributed by atoms with van der Waals surface area (Å²) in [5.41, 5.74) is 0.998. The Hall–Kier alpha value is -2.64. The molecule has 0 N–H and O–H groups in total. The second-order valence-electron chi connectivity index (χ2n) is 4.76. The summed E-state index contributed by atoms with van der Waals surface area (Å²) in [6.45, 7) is 1.24. The molecule has 0 unspecified atom stereocenters. The molecule has 8 nitrogen and oxygen atoms in total. The van der Waals surface area contributed by atoms with Gasteiger partial charge in [0.1, 0.15) is 6.33 Å². The fraction of sp³-hybridized carbons (Fsp3) is 0.385. The molecule has 1 aromatic heterocycles. The first-order valence-electron chi connectivity index (χ1n) is 6.55. The number of ether oxygens (including phenoxy) is 2. The summed E-state index contributed by atoms with van der Waals surface area (Å²) < 4.78 is 12.1. The third kappa shape index (κ3) is 3.10. The average Bonchev–Trinajstić information content (AvgIpc) is 3.15. The van der Waals surface area contributed by atoms with Crippen LogP contribution in [0.3, 0.4) is 0 Å². The molecule has 1 amide bonds. The van der Waals surface area contributed by atoms with Crippen LogP contribution in [0.4, 0.5) is 0 Å². The number of hydrogen-bond donors (Lipinski definition) is 0. The molecule has 21 heavy (non-hydrogen) atoms. The molecule has 1 aromatic carbocycles. The van der Waals surface area contributed by atoms with Crippen LogP contribution in [-0.4, -0.2) is 44.9 Å². The van der Waals surface area contributed by atoms with Gasteiger partial charge in [0.25, 0.3) is 0 Å². The van der Waals surface area contributed by atoms with Gasteiger partial charge >= 0.3 is 0 Å². The maximum atomic E-state index is 12.1. The van der Waals surface area contributed by atoms with E-state index >= 15 is 0 Å². The second-order valence-corrected chi connectivity index (χ2v) is 4.76. The second kappa shape index (κ2) is 5.78. The number of aromatic nitrogens is 4. The number of carbonyl (C=O) groups excluding carboxylic acids is 1. The van der Waals surface area contributed by atoms with Crippen LogP contribution in [-0.2, 0) is 17.9 Å². The van der Waals surface area contributed by atoms with Gasteiger partial charge in [0, 0.05) is 20.0 Å². The molecule has 110 valence electrons. The van der Waals surface area contributed by atoms with Crippen LogP contribution >= 0.6 is 0 Å². The highest BCUT2D eigenvalue weighted by Crippen LogP contribution is 2.32. The van der Waals surface area contributed by atoms with Gasteiger partial charge < -0.3 is 14.4 Å². The van der Waals surface area contributed by atoms with Crippen molar-refractivity contribution in [2.45, 2.75) is 19.5 Å². The Balaban J connectivity index is 1.55. The predicted octanol–water partition coefficient (Wildman–Crippen LogP) is 0.450. The molecule has 0 atom stereocenters. The normalized spacial score (nSPS) is 12.4. The van der Waals surface area contributed by atoms with Gasteiger partial charge in [0.2, 0.25) is 12.7 Å². The molecule has 3 rings (SSSR count). The SMILES string of the molecule is CN(Cc1ccc2c(c1)OCO2)C(=O)CCn1cnnn1. The van der Waals surface area contributed by atoms with Crippen LogP contribution in [0.1, 0.15) is 12.0 Å². The number of carbonyl (C=O) groups is 1. The van der Waals surface area contributed by atoms with E-state index in [0.29, 0.717) is 19.5 Å². The molecular formula is C13H15N5O3. The Morgan fingerprint density at radius 1 is 1.38 bits per heavy atom. The minimum Gasteiger partial charge on any atom is -0.454 e. The van der Waals surface area contributed by atoms with Crippen molar-refractivity contribution in [3.63, 3.8) is 0 Å². The van der Waals surface area contributed by atoms with Gasteiger partial charge in [-0.15, -0.1) is 5.10 Å². The zero-order valence-corrected chi connectivity index (χ0v) is 11.6. The van der Waals surface area contributed by atoms with Crippen molar-refractivity contribution in [2.75, 3.05) is 13.8 Å². The topological polar surface area (TPSA) is 82.4 Å². The number of hydrogen-bond acceptors (Lipinski definition) is 6. The molecule has 2 aromatic rings. The van der Waals surface area contributed by atoms with Crippen molar-refractivity contribution in [2.24, 2.45) is 0 Å². The Bertz CT molecular complexity index is 629. The zero-order chi connectivity index (χ0) is 14.7. The van der Waals surface area contributed by atoms with E-state index in [1.807, 2.05) is 18.2 Å². The molecule has 0 saturated heterocycles.